The van der Waals surface area contributed by atoms with E-state index < -0.39 is 0 Å². The molecule has 1 nitrogen and oxygen atoms in total. The van der Waals surface area contributed by atoms with Crippen LogP contribution in [0.5, 0.6) is 0 Å². The first-order chi connectivity index (χ1) is 8.34. The number of fused-ring (bicyclic) bond motifs is 1. The van der Waals surface area contributed by atoms with Crippen LogP contribution < -0.4 is 0 Å². The van der Waals surface area contributed by atoms with Gasteiger partial charge in [-0.1, -0.05) is 42.5 Å². The Labute approximate surface area is 105 Å². The summed E-state index contributed by atoms with van der Waals surface area (Å²) in [4.78, 5) is 13.3. The van der Waals surface area contributed by atoms with Crippen molar-refractivity contribution in [1.82, 2.24) is 0 Å². The van der Waals surface area contributed by atoms with Crippen LogP contribution in [0, 0.1) is 0 Å². The van der Waals surface area contributed by atoms with Crippen LogP contribution >= 0.6 is 11.8 Å². The molecule has 0 heterocycles. The van der Waals surface area contributed by atoms with Crippen LogP contribution in [0.2, 0.25) is 0 Å². The van der Waals surface area contributed by atoms with Crippen LogP contribution in [0.1, 0.15) is 15.9 Å². The average Bonchev–Trinajstić information content (AvgIpc) is 2.68. The molecule has 17 heavy (non-hydrogen) atoms. The van der Waals surface area contributed by atoms with E-state index in [-0.39, 0.29) is 11.0 Å². The third-order valence-corrected chi connectivity index (χ3v) is 4.21. The number of ketones is 1. The highest BCUT2D eigenvalue weighted by Crippen LogP contribution is 2.34. The quantitative estimate of drug-likeness (QED) is 0.798. The molecular weight excluding hydrogens is 228 g/mol. The van der Waals surface area contributed by atoms with E-state index in [1.165, 1.54) is 10.5 Å². The molecular formula is C15H12OS. The van der Waals surface area contributed by atoms with Crippen molar-refractivity contribution >= 4 is 17.5 Å². The standard InChI is InChI=1S/C15H12OS/c16-15-13-9-5-4-6-11(13)10-14(15)17-12-7-2-1-3-8-12/h1-9,14H,10H2. The van der Waals surface area contributed by atoms with Gasteiger partial charge >= 0.3 is 0 Å². The Hall–Kier alpha value is -1.54. The Kier molecular flexibility index (Phi) is 2.73. The molecule has 0 bridgehead atoms. The first-order valence-electron chi connectivity index (χ1n) is 5.68. The molecule has 0 amide bonds. The first-order valence-corrected chi connectivity index (χ1v) is 6.56. The maximum Gasteiger partial charge on any atom is 0.176 e. The van der Waals surface area contributed by atoms with Gasteiger partial charge in [-0.3, -0.25) is 4.79 Å². The lowest BCUT2D eigenvalue weighted by Crippen LogP contribution is -2.10. The Morgan fingerprint density at radius 1 is 0.941 bits per heavy atom. The molecule has 0 saturated carbocycles. The molecule has 1 atom stereocenters. The molecule has 1 aliphatic rings. The first kappa shape index (κ1) is 10.6. The van der Waals surface area contributed by atoms with Crippen LogP contribution in [-0.4, -0.2) is 11.0 Å². The molecule has 2 aromatic rings. The monoisotopic (exact) mass is 240 g/mol. The molecule has 0 saturated heterocycles. The van der Waals surface area contributed by atoms with Gasteiger partial charge in [0.05, 0.1) is 5.25 Å². The maximum atomic E-state index is 12.2. The Morgan fingerprint density at radius 2 is 1.65 bits per heavy atom. The normalized spacial score (nSPS) is 18.1. The van der Waals surface area contributed by atoms with Gasteiger partial charge in [0.25, 0.3) is 0 Å². The average molecular weight is 240 g/mol. The summed E-state index contributed by atoms with van der Waals surface area (Å²) in [5.41, 5.74) is 2.09. The zero-order valence-corrected chi connectivity index (χ0v) is 10.1. The van der Waals surface area contributed by atoms with Crippen molar-refractivity contribution < 1.29 is 4.79 Å². The van der Waals surface area contributed by atoms with E-state index in [1.807, 2.05) is 36.4 Å². The van der Waals surface area contributed by atoms with Crippen LogP contribution in [-0.2, 0) is 6.42 Å². The number of hydrogen-bond donors (Lipinski definition) is 0. The number of benzene rings is 2. The predicted octanol–water partition coefficient (Wildman–Crippen LogP) is 3.59. The van der Waals surface area contributed by atoms with E-state index in [2.05, 4.69) is 18.2 Å². The number of carbonyl (C=O) groups excluding carboxylic acids is 1. The van der Waals surface area contributed by atoms with Gasteiger partial charge in [0.15, 0.2) is 5.78 Å². The van der Waals surface area contributed by atoms with E-state index in [0.29, 0.717) is 0 Å². The largest absolute Gasteiger partial charge is 0.293 e. The number of hydrogen-bond acceptors (Lipinski definition) is 2. The van der Waals surface area contributed by atoms with E-state index in [0.717, 1.165) is 12.0 Å². The molecule has 0 aliphatic heterocycles. The second-order valence-electron chi connectivity index (χ2n) is 4.15. The maximum absolute atomic E-state index is 12.2. The van der Waals surface area contributed by atoms with E-state index >= 15 is 0 Å². The van der Waals surface area contributed by atoms with Crippen molar-refractivity contribution in [3.05, 3.63) is 65.7 Å². The number of rotatable bonds is 2. The van der Waals surface area contributed by atoms with Crippen molar-refractivity contribution in [3.8, 4) is 0 Å². The lowest BCUT2D eigenvalue weighted by Gasteiger charge is -2.06. The minimum absolute atomic E-state index is 0.0507. The predicted molar refractivity (Wildman–Crippen MR) is 70.6 cm³/mol. The highest BCUT2D eigenvalue weighted by Gasteiger charge is 2.30. The summed E-state index contributed by atoms with van der Waals surface area (Å²) >= 11 is 1.67. The van der Waals surface area contributed by atoms with Crippen LogP contribution in [0.15, 0.2) is 59.5 Å². The fourth-order valence-corrected chi connectivity index (χ4v) is 3.30. The molecule has 2 heteroatoms. The molecule has 0 radical (unpaired) electrons. The molecule has 0 N–H and O–H groups in total. The third-order valence-electron chi connectivity index (χ3n) is 3.00. The summed E-state index contributed by atoms with van der Waals surface area (Å²) in [6.07, 6.45) is 0.856. The zero-order chi connectivity index (χ0) is 11.7. The number of Topliss-reactive ketones (excluding diaryl/α,β-unsaturated/α-hetero) is 1. The van der Waals surface area contributed by atoms with Crippen LogP contribution in [0.4, 0.5) is 0 Å². The topological polar surface area (TPSA) is 17.1 Å². The summed E-state index contributed by atoms with van der Waals surface area (Å²) < 4.78 is 0. The highest BCUT2D eigenvalue weighted by molar-refractivity contribution is 8.00. The lowest BCUT2D eigenvalue weighted by molar-refractivity contribution is 0.100. The van der Waals surface area contributed by atoms with Gasteiger partial charge in [0, 0.05) is 10.5 Å². The molecule has 3 rings (SSSR count). The zero-order valence-electron chi connectivity index (χ0n) is 9.30. The fraction of sp³-hybridized carbons (Fsp3) is 0.133. The van der Waals surface area contributed by atoms with E-state index in [4.69, 9.17) is 0 Å². The van der Waals surface area contributed by atoms with Gasteiger partial charge in [-0.2, -0.15) is 0 Å². The molecule has 1 aliphatic carbocycles. The SMILES string of the molecule is O=C1c2ccccc2CC1Sc1ccccc1. The number of carbonyl (C=O) groups is 1. The van der Waals surface area contributed by atoms with Crippen molar-refractivity contribution in [2.75, 3.05) is 0 Å². The second-order valence-corrected chi connectivity index (χ2v) is 5.42. The molecule has 2 aromatic carbocycles. The molecule has 0 fully saturated rings. The van der Waals surface area contributed by atoms with E-state index in [9.17, 15) is 4.79 Å². The summed E-state index contributed by atoms with van der Waals surface area (Å²) in [7, 11) is 0. The summed E-state index contributed by atoms with van der Waals surface area (Å²) in [6.45, 7) is 0. The Morgan fingerprint density at radius 3 is 2.41 bits per heavy atom. The van der Waals surface area contributed by atoms with Gasteiger partial charge in [-0.05, 0) is 24.1 Å². The van der Waals surface area contributed by atoms with Crippen molar-refractivity contribution in [2.24, 2.45) is 0 Å². The summed E-state index contributed by atoms with van der Waals surface area (Å²) in [5, 5.41) is 0.0507. The van der Waals surface area contributed by atoms with Crippen LogP contribution in [0.25, 0.3) is 0 Å². The van der Waals surface area contributed by atoms with Gasteiger partial charge in [-0.15, -0.1) is 11.8 Å². The van der Waals surface area contributed by atoms with Gasteiger partial charge in [0.1, 0.15) is 0 Å². The third kappa shape index (κ3) is 2.01. The lowest BCUT2D eigenvalue weighted by atomic mass is 10.1. The van der Waals surface area contributed by atoms with Crippen molar-refractivity contribution in [1.29, 1.82) is 0 Å². The smallest absolute Gasteiger partial charge is 0.176 e. The minimum Gasteiger partial charge on any atom is -0.293 e. The number of thioether (sulfide) groups is 1. The van der Waals surface area contributed by atoms with Crippen LogP contribution in [0.3, 0.4) is 0 Å². The molecule has 0 spiro atoms. The Bertz CT molecular complexity index is 548. The fourth-order valence-electron chi connectivity index (χ4n) is 2.16. The Balaban J connectivity index is 1.83. The van der Waals surface area contributed by atoms with Gasteiger partial charge < -0.3 is 0 Å². The van der Waals surface area contributed by atoms with Gasteiger partial charge in [0.2, 0.25) is 0 Å². The summed E-state index contributed by atoms with van der Waals surface area (Å²) in [6, 6.07) is 18.1. The molecule has 0 aromatic heterocycles. The van der Waals surface area contributed by atoms with Crippen molar-refractivity contribution in [3.63, 3.8) is 0 Å². The van der Waals surface area contributed by atoms with E-state index in [1.54, 1.807) is 11.8 Å². The highest BCUT2D eigenvalue weighted by atomic mass is 32.2. The molecule has 1 unspecified atom stereocenters. The molecule has 84 valence electrons. The summed E-state index contributed by atoms with van der Waals surface area (Å²) in [5.74, 6) is 0.273. The second kappa shape index (κ2) is 4.38. The van der Waals surface area contributed by atoms with Gasteiger partial charge in [-0.25, -0.2) is 0 Å². The minimum atomic E-state index is 0.0507. The van der Waals surface area contributed by atoms with Crippen molar-refractivity contribution in [2.45, 2.75) is 16.6 Å².